The van der Waals surface area contributed by atoms with Crippen molar-refractivity contribution in [2.75, 3.05) is 0 Å². The van der Waals surface area contributed by atoms with E-state index in [2.05, 4.69) is 25.4 Å². The third kappa shape index (κ3) is 4.41. The van der Waals surface area contributed by atoms with Crippen molar-refractivity contribution in [2.45, 2.75) is 17.8 Å². The van der Waals surface area contributed by atoms with Crippen LogP contribution >= 0.6 is 11.8 Å². The molecular formula is C23H17N7O3S. The van der Waals surface area contributed by atoms with Crippen LogP contribution in [0, 0.1) is 17.0 Å². The van der Waals surface area contributed by atoms with E-state index in [4.69, 9.17) is 4.42 Å². The van der Waals surface area contributed by atoms with Crippen LogP contribution in [-0.4, -0.2) is 34.9 Å². The number of nitro benzene ring substituents is 1. The predicted molar refractivity (Wildman–Crippen MR) is 125 cm³/mol. The molecule has 10 nitrogen and oxygen atoms in total. The molecule has 0 bridgehead atoms. The molecule has 0 fully saturated rings. The number of aryl methyl sites for hydroxylation is 1. The number of non-ortho nitro benzene ring substituents is 1. The number of thioether (sulfide) groups is 1. The molecule has 0 N–H and O–H groups in total. The topological polar surface area (TPSA) is 126 Å². The SMILES string of the molecule is Cc1ccc(-n2c(SCc3nnc(-c4ccc([N+](=O)[O-])cc4)o3)nnc2-c2ccncc2)cc1. The highest BCUT2D eigenvalue weighted by atomic mass is 32.2. The van der Waals surface area contributed by atoms with E-state index in [-0.39, 0.29) is 5.69 Å². The smallest absolute Gasteiger partial charge is 0.269 e. The average Bonchev–Trinajstić information content (AvgIpc) is 3.51. The van der Waals surface area contributed by atoms with Crippen LogP contribution in [0.4, 0.5) is 5.69 Å². The zero-order chi connectivity index (χ0) is 23.5. The highest BCUT2D eigenvalue weighted by molar-refractivity contribution is 7.98. The maximum Gasteiger partial charge on any atom is 0.269 e. The summed E-state index contributed by atoms with van der Waals surface area (Å²) in [6, 6.07) is 17.9. The number of pyridine rings is 1. The average molecular weight is 472 g/mol. The molecule has 11 heteroatoms. The van der Waals surface area contributed by atoms with Crippen LogP contribution in [0.15, 0.2) is 82.6 Å². The third-order valence-corrected chi connectivity index (χ3v) is 5.89. The minimum atomic E-state index is -0.454. The largest absolute Gasteiger partial charge is 0.420 e. The van der Waals surface area contributed by atoms with E-state index in [1.54, 1.807) is 24.5 Å². The van der Waals surface area contributed by atoms with Crippen LogP contribution in [-0.2, 0) is 5.75 Å². The molecule has 5 aromatic rings. The molecule has 0 aliphatic rings. The monoisotopic (exact) mass is 471 g/mol. The Bertz CT molecular complexity index is 1430. The van der Waals surface area contributed by atoms with Crippen molar-refractivity contribution in [3.63, 3.8) is 0 Å². The molecule has 0 unspecified atom stereocenters. The second kappa shape index (κ2) is 9.24. The normalized spacial score (nSPS) is 11.0. The number of rotatable bonds is 7. The van der Waals surface area contributed by atoms with E-state index in [0.717, 1.165) is 16.8 Å². The molecule has 0 radical (unpaired) electrons. The summed E-state index contributed by atoms with van der Waals surface area (Å²) in [4.78, 5) is 14.5. The molecule has 0 atom stereocenters. The minimum absolute atomic E-state index is 0.000474. The summed E-state index contributed by atoms with van der Waals surface area (Å²) in [5, 5.41) is 28.5. The molecule has 5 rings (SSSR count). The Morgan fingerprint density at radius 3 is 2.35 bits per heavy atom. The maximum atomic E-state index is 10.8. The lowest BCUT2D eigenvalue weighted by Gasteiger charge is -2.10. The fourth-order valence-corrected chi connectivity index (χ4v) is 4.05. The Morgan fingerprint density at radius 2 is 1.65 bits per heavy atom. The van der Waals surface area contributed by atoms with E-state index in [0.29, 0.717) is 34.1 Å². The fraction of sp³-hybridized carbons (Fsp3) is 0.0870. The Kier molecular flexibility index (Phi) is 5.83. The van der Waals surface area contributed by atoms with Gasteiger partial charge in [-0.05, 0) is 43.3 Å². The molecule has 34 heavy (non-hydrogen) atoms. The molecule has 3 aromatic heterocycles. The summed E-state index contributed by atoms with van der Waals surface area (Å²) in [5.74, 6) is 1.77. The third-order valence-electron chi connectivity index (χ3n) is 4.98. The Morgan fingerprint density at radius 1 is 0.912 bits per heavy atom. The second-order valence-corrected chi connectivity index (χ2v) is 8.25. The van der Waals surface area contributed by atoms with Gasteiger partial charge >= 0.3 is 0 Å². The number of aromatic nitrogens is 6. The van der Waals surface area contributed by atoms with Crippen molar-refractivity contribution in [1.82, 2.24) is 29.9 Å². The first-order valence-corrected chi connectivity index (χ1v) is 11.2. The first kappa shape index (κ1) is 21.5. The summed E-state index contributed by atoms with van der Waals surface area (Å²) in [6.45, 7) is 2.04. The number of hydrogen-bond donors (Lipinski definition) is 0. The number of benzene rings is 2. The molecule has 2 aromatic carbocycles. The van der Waals surface area contributed by atoms with Gasteiger partial charge in [-0.2, -0.15) is 0 Å². The summed E-state index contributed by atoms with van der Waals surface area (Å²) in [6.07, 6.45) is 3.43. The van der Waals surface area contributed by atoms with Crippen molar-refractivity contribution in [3.05, 3.63) is 94.6 Å². The molecule has 0 aliphatic carbocycles. The van der Waals surface area contributed by atoms with Gasteiger partial charge in [0, 0.05) is 41.3 Å². The Balaban J connectivity index is 1.40. The van der Waals surface area contributed by atoms with Crippen molar-refractivity contribution < 1.29 is 9.34 Å². The lowest BCUT2D eigenvalue weighted by molar-refractivity contribution is -0.384. The highest BCUT2D eigenvalue weighted by Gasteiger charge is 2.18. The fourth-order valence-electron chi connectivity index (χ4n) is 3.26. The van der Waals surface area contributed by atoms with Crippen LogP contribution in [0.5, 0.6) is 0 Å². The lowest BCUT2D eigenvalue weighted by Crippen LogP contribution is -2.00. The summed E-state index contributed by atoms with van der Waals surface area (Å²) >= 11 is 1.42. The van der Waals surface area contributed by atoms with Gasteiger partial charge in [0.1, 0.15) is 0 Å². The van der Waals surface area contributed by atoms with Crippen molar-refractivity contribution in [2.24, 2.45) is 0 Å². The van der Waals surface area contributed by atoms with E-state index >= 15 is 0 Å². The van der Waals surface area contributed by atoms with Crippen LogP contribution in [0.2, 0.25) is 0 Å². The number of nitrogens with zero attached hydrogens (tertiary/aromatic N) is 7. The predicted octanol–water partition coefficient (Wildman–Crippen LogP) is 4.89. The summed E-state index contributed by atoms with van der Waals surface area (Å²) < 4.78 is 7.75. The molecule has 0 amide bonds. The molecule has 0 saturated heterocycles. The molecule has 0 saturated carbocycles. The van der Waals surface area contributed by atoms with E-state index in [1.165, 1.54) is 23.9 Å². The van der Waals surface area contributed by atoms with Gasteiger partial charge in [-0.25, -0.2) is 0 Å². The Hall–Kier alpha value is -4.38. The van der Waals surface area contributed by atoms with Crippen LogP contribution in [0.25, 0.3) is 28.5 Å². The van der Waals surface area contributed by atoms with E-state index < -0.39 is 4.92 Å². The van der Waals surface area contributed by atoms with Gasteiger partial charge in [0.15, 0.2) is 11.0 Å². The first-order valence-electron chi connectivity index (χ1n) is 10.2. The standard InChI is InChI=1S/C23H17N7O3S/c1-15-2-6-18(7-3-15)29-21(16-10-12-24-13-11-16)26-28-23(29)34-14-20-25-27-22(33-20)17-4-8-19(9-5-17)30(31)32/h2-13H,14H2,1H3. The van der Waals surface area contributed by atoms with E-state index in [1.807, 2.05) is 47.9 Å². The highest BCUT2D eigenvalue weighted by Crippen LogP contribution is 2.30. The van der Waals surface area contributed by atoms with Crippen molar-refractivity contribution in [1.29, 1.82) is 0 Å². The van der Waals surface area contributed by atoms with Gasteiger partial charge in [-0.15, -0.1) is 20.4 Å². The van der Waals surface area contributed by atoms with Crippen molar-refractivity contribution >= 4 is 17.4 Å². The van der Waals surface area contributed by atoms with Crippen molar-refractivity contribution in [3.8, 4) is 28.5 Å². The maximum absolute atomic E-state index is 10.8. The molecular weight excluding hydrogens is 454 g/mol. The van der Waals surface area contributed by atoms with Crippen LogP contribution in [0.1, 0.15) is 11.5 Å². The zero-order valence-electron chi connectivity index (χ0n) is 17.9. The zero-order valence-corrected chi connectivity index (χ0v) is 18.7. The Labute approximate surface area is 197 Å². The van der Waals surface area contributed by atoms with Gasteiger partial charge in [-0.3, -0.25) is 19.7 Å². The van der Waals surface area contributed by atoms with Gasteiger partial charge in [0.2, 0.25) is 11.8 Å². The molecule has 0 aliphatic heterocycles. The van der Waals surface area contributed by atoms with Gasteiger partial charge in [0.25, 0.3) is 5.69 Å². The first-order chi connectivity index (χ1) is 16.6. The van der Waals surface area contributed by atoms with E-state index in [9.17, 15) is 10.1 Å². The lowest BCUT2D eigenvalue weighted by atomic mass is 10.2. The van der Waals surface area contributed by atoms with Gasteiger partial charge in [0.05, 0.1) is 10.7 Å². The minimum Gasteiger partial charge on any atom is -0.420 e. The molecule has 3 heterocycles. The summed E-state index contributed by atoms with van der Waals surface area (Å²) in [5.41, 5.74) is 3.59. The van der Waals surface area contributed by atoms with Crippen LogP contribution in [0.3, 0.4) is 0 Å². The summed E-state index contributed by atoms with van der Waals surface area (Å²) in [7, 11) is 0. The molecule has 168 valence electrons. The second-order valence-electron chi connectivity index (χ2n) is 7.31. The number of hydrogen-bond acceptors (Lipinski definition) is 9. The van der Waals surface area contributed by atoms with Gasteiger partial charge < -0.3 is 4.42 Å². The van der Waals surface area contributed by atoms with Gasteiger partial charge in [-0.1, -0.05) is 29.5 Å². The quantitative estimate of drug-likeness (QED) is 0.185. The molecule has 0 spiro atoms. The van der Waals surface area contributed by atoms with Crippen LogP contribution < -0.4 is 0 Å². The number of nitro groups is 1.